The van der Waals surface area contributed by atoms with Crippen LogP contribution in [0.5, 0.6) is 5.88 Å². The molecule has 0 radical (unpaired) electrons. The van der Waals surface area contributed by atoms with Gasteiger partial charge in [-0.1, -0.05) is 33.6 Å². The van der Waals surface area contributed by atoms with E-state index in [1.807, 2.05) is 20.8 Å². The van der Waals surface area contributed by atoms with Crippen LogP contribution in [0.4, 0.5) is 5.69 Å². The SMILES string of the molecule is CCCCOc1ccc(NC(=O)[C@@](C)(CCC)OCCC)cn1. The number of pyridine rings is 1. The standard InChI is InChI=1S/C18H30N2O3/c1-5-8-13-22-16-10-9-15(14-19-16)20-17(21)18(4,11-6-2)23-12-7-3/h9-10,14H,5-8,11-13H2,1-4H3,(H,20,21)/t18-/m1/s1. The molecule has 0 unspecified atom stereocenters. The van der Waals surface area contributed by atoms with Crippen LogP contribution in [0.15, 0.2) is 18.3 Å². The molecule has 1 aromatic rings. The van der Waals surface area contributed by atoms with Crippen LogP contribution in [0.2, 0.25) is 0 Å². The van der Waals surface area contributed by atoms with Crippen LogP contribution in [0.25, 0.3) is 0 Å². The van der Waals surface area contributed by atoms with E-state index in [4.69, 9.17) is 9.47 Å². The Hall–Kier alpha value is -1.62. The third-order valence-electron chi connectivity index (χ3n) is 3.57. The molecule has 1 aromatic heterocycles. The normalized spacial score (nSPS) is 13.4. The Kier molecular flexibility index (Phi) is 8.62. The number of hydrogen-bond acceptors (Lipinski definition) is 4. The van der Waals surface area contributed by atoms with E-state index in [1.54, 1.807) is 18.3 Å². The minimum absolute atomic E-state index is 0.130. The van der Waals surface area contributed by atoms with E-state index in [2.05, 4.69) is 17.2 Å². The van der Waals surface area contributed by atoms with Crippen molar-refractivity contribution in [2.45, 2.75) is 65.4 Å². The molecular formula is C18H30N2O3. The van der Waals surface area contributed by atoms with Gasteiger partial charge in [-0.3, -0.25) is 4.79 Å². The summed E-state index contributed by atoms with van der Waals surface area (Å²) < 4.78 is 11.3. The second kappa shape index (κ2) is 10.2. The highest BCUT2D eigenvalue weighted by atomic mass is 16.5. The number of carbonyl (C=O) groups is 1. The van der Waals surface area contributed by atoms with Gasteiger partial charge in [0.15, 0.2) is 0 Å². The van der Waals surface area contributed by atoms with Crippen LogP contribution in [0.1, 0.15) is 59.8 Å². The summed E-state index contributed by atoms with van der Waals surface area (Å²) in [7, 11) is 0. The average Bonchev–Trinajstić information content (AvgIpc) is 2.55. The lowest BCUT2D eigenvalue weighted by molar-refractivity contribution is -0.140. The van der Waals surface area contributed by atoms with E-state index in [-0.39, 0.29) is 5.91 Å². The fraction of sp³-hybridized carbons (Fsp3) is 0.667. The Labute approximate surface area is 139 Å². The fourth-order valence-corrected chi connectivity index (χ4v) is 2.18. The van der Waals surface area contributed by atoms with Gasteiger partial charge in [0.2, 0.25) is 5.88 Å². The van der Waals surface area contributed by atoms with Gasteiger partial charge >= 0.3 is 0 Å². The smallest absolute Gasteiger partial charge is 0.256 e. The van der Waals surface area contributed by atoms with Crippen molar-refractivity contribution in [3.8, 4) is 5.88 Å². The Balaban J connectivity index is 2.63. The summed E-state index contributed by atoms with van der Waals surface area (Å²) in [6.45, 7) is 9.28. The Morgan fingerprint density at radius 3 is 2.52 bits per heavy atom. The number of nitrogens with zero attached hydrogens (tertiary/aromatic N) is 1. The highest BCUT2D eigenvalue weighted by molar-refractivity contribution is 5.96. The van der Waals surface area contributed by atoms with E-state index in [0.29, 0.717) is 31.2 Å². The van der Waals surface area contributed by atoms with Gasteiger partial charge in [-0.2, -0.15) is 0 Å². The molecular weight excluding hydrogens is 292 g/mol. The molecule has 0 aliphatic carbocycles. The summed E-state index contributed by atoms with van der Waals surface area (Å²) in [6.07, 6.45) is 6.16. The highest BCUT2D eigenvalue weighted by Crippen LogP contribution is 2.21. The van der Waals surface area contributed by atoms with E-state index in [9.17, 15) is 4.79 Å². The molecule has 23 heavy (non-hydrogen) atoms. The van der Waals surface area contributed by atoms with Crippen molar-refractivity contribution in [2.24, 2.45) is 0 Å². The molecule has 0 spiro atoms. The summed E-state index contributed by atoms with van der Waals surface area (Å²) in [4.78, 5) is 16.7. The number of ether oxygens (including phenoxy) is 2. The fourth-order valence-electron chi connectivity index (χ4n) is 2.18. The quantitative estimate of drug-likeness (QED) is 0.621. The Morgan fingerprint density at radius 1 is 1.17 bits per heavy atom. The number of nitrogens with one attached hydrogen (secondary N) is 1. The van der Waals surface area contributed by atoms with Crippen molar-refractivity contribution in [3.63, 3.8) is 0 Å². The van der Waals surface area contributed by atoms with Crippen molar-refractivity contribution in [2.75, 3.05) is 18.5 Å². The predicted octanol–water partition coefficient (Wildman–Crippen LogP) is 4.18. The van der Waals surface area contributed by atoms with Crippen molar-refractivity contribution >= 4 is 11.6 Å². The van der Waals surface area contributed by atoms with Crippen molar-refractivity contribution < 1.29 is 14.3 Å². The molecule has 1 rings (SSSR count). The van der Waals surface area contributed by atoms with Crippen molar-refractivity contribution in [1.82, 2.24) is 4.98 Å². The monoisotopic (exact) mass is 322 g/mol. The first kappa shape index (κ1) is 19.4. The number of hydrogen-bond donors (Lipinski definition) is 1. The number of aromatic nitrogens is 1. The molecule has 130 valence electrons. The molecule has 5 nitrogen and oxygen atoms in total. The molecule has 0 fully saturated rings. The Morgan fingerprint density at radius 2 is 1.96 bits per heavy atom. The van der Waals surface area contributed by atoms with Crippen molar-refractivity contribution in [3.05, 3.63) is 18.3 Å². The molecule has 5 heteroatoms. The molecule has 1 amide bonds. The molecule has 0 aliphatic heterocycles. The van der Waals surface area contributed by atoms with Crippen LogP contribution < -0.4 is 10.1 Å². The lowest BCUT2D eigenvalue weighted by atomic mass is 9.99. The zero-order valence-electron chi connectivity index (χ0n) is 14.9. The molecule has 0 saturated carbocycles. The van der Waals surface area contributed by atoms with Crippen LogP contribution in [-0.2, 0) is 9.53 Å². The minimum Gasteiger partial charge on any atom is -0.478 e. The third kappa shape index (κ3) is 6.57. The van der Waals surface area contributed by atoms with Gasteiger partial charge in [-0.15, -0.1) is 0 Å². The lowest BCUT2D eigenvalue weighted by Gasteiger charge is -2.28. The first-order valence-corrected chi connectivity index (χ1v) is 8.60. The molecule has 0 bridgehead atoms. The van der Waals surface area contributed by atoms with Gasteiger partial charge in [0.1, 0.15) is 5.60 Å². The molecule has 1 atom stereocenters. The average molecular weight is 322 g/mol. The second-order valence-electron chi connectivity index (χ2n) is 5.87. The number of amides is 1. The number of unbranched alkanes of at least 4 members (excludes halogenated alkanes) is 1. The van der Waals surface area contributed by atoms with Crippen LogP contribution in [0.3, 0.4) is 0 Å². The summed E-state index contributed by atoms with van der Waals surface area (Å²) in [6, 6.07) is 3.58. The highest BCUT2D eigenvalue weighted by Gasteiger charge is 2.33. The molecule has 0 aromatic carbocycles. The topological polar surface area (TPSA) is 60.5 Å². The number of carbonyl (C=O) groups excluding carboxylic acids is 1. The summed E-state index contributed by atoms with van der Waals surface area (Å²) in [5.74, 6) is 0.448. The lowest BCUT2D eigenvalue weighted by Crippen LogP contribution is -2.43. The van der Waals surface area contributed by atoms with Gasteiger partial charge < -0.3 is 14.8 Å². The summed E-state index contributed by atoms with van der Waals surface area (Å²) in [5, 5.41) is 2.89. The van der Waals surface area contributed by atoms with Crippen LogP contribution >= 0.6 is 0 Å². The van der Waals surface area contributed by atoms with Crippen molar-refractivity contribution in [1.29, 1.82) is 0 Å². The van der Waals surface area contributed by atoms with Gasteiger partial charge in [0.05, 0.1) is 18.5 Å². The van der Waals surface area contributed by atoms with Gasteiger partial charge in [0.25, 0.3) is 5.91 Å². The maximum Gasteiger partial charge on any atom is 0.256 e. The molecule has 0 saturated heterocycles. The van der Waals surface area contributed by atoms with E-state index < -0.39 is 5.60 Å². The maximum absolute atomic E-state index is 12.5. The minimum atomic E-state index is -0.805. The van der Waals surface area contributed by atoms with Gasteiger partial charge in [-0.05, 0) is 32.3 Å². The number of rotatable bonds is 11. The summed E-state index contributed by atoms with van der Waals surface area (Å²) in [5.41, 5.74) is -0.151. The van der Waals surface area contributed by atoms with Gasteiger partial charge in [-0.25, -0.2) is 4.98 Å². The first-order chi connectivity index (χ1) is 11.1. The summed E-state index contributed by atoms with van der Waals surface area (Å²) >= 11 is 0. The van der Waals surface area contributed by atoms with E-state index in [0.717, 1.165) is 25.7 Å². The van der Waals surface area contributed by atoms with E-state index >= 15 is 0 Å². The maximum atomic E-state index is 12.5. The molecule has 1 heterocycles. The molecule has 1 N–H and O–H groups in total. The largest absolute Gasteiger partial charge is 0.478 e. The van der Waals surface area contributed by atoms with Crippen LogP contribution in [-0.4, -0.2) is 29.7 Å². The van der Waals surface area contributed by atoms with E-state index in [1.165, 1.54) is 0 Å². The third-order valence-corrected chi connectivity index (χ3v) is 3.57. The number of anilines is 1. The second-order valence-corrected chi connectivity index (χ2v) is 5.87. The van der Waals surface area contributed by atoms with Gasteiger partial charge in [0, 0.05) is 12.7 Å². The molecule has 0 aliphatic rings. The Bertz CT molecular complexity index is 462. The first-order valence-electron chi connectivity index (χ1n) is 8.60. The zero-order valence-corrected chi connectivity index (χ0v) is 14.9. The zero-order chi connectivity index (χ0) is 17.1. The predicted molar refractivity (Wildman–Crippen MR) is 92.8 cm³/mol. The van der Waals surface area contributed by atoms with Crippen LogP contribution in [0, 0.1) is 0 Å².